The van der Waals surface area contributed by atoms with Gasteiger partial charge in [-0.3, -0.25) is 9.59 Å². The average molecular weight is 486 g/mol. The molecule has 0 aliphatic carbocycles. The van der Waals surface area contributed by atoms with Crippen LogP contribution in [0.15, 0.2) is 59.5 Å². The van der Waals surface area contributed by atoms with Gasteiger partial charge in [0.1, 0.15) is 11.5 Å². The van der Waals surface area contributed by atoms with E-state index in [9.17, 15) is 24.6 Å². The second-order valence-electron chi connectivity index (χ2n) is 7.58. The molecule has 9 nitrogen and oxygen atoms in total. The van der Waals surface area contributed by atoms with Crippen molar-refractivity contribution in [1.82, 2.24) is 9.88 Å². The molecule has 178 valence electrons. The second kappa shape index (κ2) is 10.8. The third-order valence-electron chi connectivity index (χ3n) is 5.17. The summed E-state index contributed by atoms with van der Waals surface area (Å²) in [7, 11) is 1.50. The van der Waals surface area contributed by atoms with E-state index in [1.807, 2.05) is 0 Å². The van der Waals surface area contributed by atoms with Gasteiger partial charge >= 0.3 is 12.0 Å². The van der Waals surface area contributed by atoms with Gasteiger partial charge in [0.2, 0.25) is 0 Å². The summed E-state index contributed by atoms with van der Waals surface area (Å²) in [5.41, 5.74) is 0.612. The Morgan fingerprint density at radius 3 is 2.44 bits per heavy atom. The van der Waals surface area contributed by atoms with Crippen LogP contribution in [0.3, 0.4) is 0 Å². The maximum absolute atomic E-state index is 13.0. The molecule has 0 saturated carbocycles. The SMILES string of the molecule is COc1ccc([C@H](CC(=O)O)NC(=O)Nc2c(O)c(C)cn(Cc3ccccc3Cl)c2=O)cc1. The van der Waals surface area contributed by atoms with Crippen molar-refractivity contribution in [3.63, 3.8) is 0 Å². The number of carboxylic acids is 1. The minimum absolute atomic E-state index is 0.128. The van der Waals surface area contributed by atoms with E-state index in [0.717, 1.165) is 0 Å². The summed E-state index contributed by atoms with van der Waals surface area (Å²) in [4.78, 5) is 37.1. The number of rotatable bonds is 8. The zero-order valence-electron chi connectivity index (χ0n) is 18.5. The Balaban J connectivity index is 1.85. The molecule has 1 heterocycles. The summed E-state index contributed by atoms with van der Waals surface area (Å²) in [6.07, 6.45) is 1.07. The number of aromatic hydroxyl groups is 1. The molecule has 1 atom stereocenters. The molecule has 3 aromatic rings. The number of carbonyl (C=O) groups is 2. The van der Waals surface area contributed by atoms with Crippen molar-refractivity contribution < 1.29 is 24.5 Å². The molecule has 2 aromatic carbocycles. The summed E-state index contributed by atoms with van der Waals surface area (Å²) in [6, 6.07) is 11.8. The van der Waals surface area contributed by atoms with Crippen molar-refractivity contribution in [2.24, 2.45) is 0 Å². The van der Waals surface area contributed by atoms with Gasteiger partial charge in [0.15, 0.2) is 5.69 Å². The lowest BCUT2D eigenvalue weighted by molar-refractivity contribution is -0.137. The van der Waals surface area contributed by atoms with Gasteiger partial charge in [-0.05, 0) is 36.2 Å². The highest BCUT2D eigenvalue weighted by atomic mass is 35.5. The Kier molecular flexibility index (Phi) is 7.80. The zero-order chi connectivity index (χ0) is 24.8. The number of nitrogens with zero attached hydrogens (tertiary/aromatic N) is 1. The number of halogens is 1. The number of aromatic nitrogens is 1. The molecule has 0 aliphatic rings. The molecule has 0 saturated heterocycles. The van der Waals surface area contributed by atoms with Crippen LogP contribution in [0.25, 0.3) is 0 Å². The number of ether oxygens (including phenoxy) is 1. The van der Waals surface area contributed by atoms with Gasteiger partial charge in [-0.2, -0.15) is 0 Å². The summed E-state index contributed by atoms with van der Waals surface area (Å²) in [5, 5.41) is 25.1. The average Bonchev–Trinajstić information content (AvgIpc) is 2.81. The van der Waals surface area contributed by atoms with Crippen molar-refractivity contribution in [3.8, 4) is 11.5 Å². The number of aryl methyl sites for hydroxylation is 1. The van der Waals surface area contributed by atoms with E-state index in [4.69, 9.17) is 16.3 Å². The van der Waals surface area contributed by atoms with Gasteiger partial charge in [0.05, 0.1) is 26.1 Å². The summed E-state index contributed by atoms with van der Waals surface area (Å²) < 4.78 is 6.42. The number of nitrogens with one attached hydrogen (secondary N) is 2. The second-order valence-corrected chi connectivity index (χ2v) is 7.99. The third-order valence-corrected chi connectivity index (χ3v) is 5.54. The van der Waals surface area contributed by atoms with Gasteiger partial charge < -0.3 is 30.2 Å². The summed E-state index contributed by atoms with van der Waals surface area (Å²) in [6.45, 7) is 1.72. The van der Waals surface area contributed by atoms with Gasteiger partial charge in [-0.25, -0.2) is 4.79 Å². The number of amides is 2. The molecule has 0 fully saturated rings. The largest absolute Gasteiger partial charge is 0.505 e. The number of methoxy groups -OCH3 is 1. The highest BCUT2D eigenvalue weighted by Crippen LogP contribution is 2.25. The predicted octanol–water partition coefficient (Wildman–Crippen LogP) is 3.91. The van der Waals surface area contributed by atoms with Crippen LogP contribution >= 0.6 is 11.6 Å². The molecular weight excluding hydrogens is 462 g/mol. The van der Waals surface area contributed by atoms with Gasteiger partial charge in [0.25, 0.3) is 5.56 Å². The molecule has 4 N–H and O–H groups in total. The van der Waals surface area contributed by atoms with E-state index in [1.54, 1.807) is 55.5 Å². The van der Waals surface area contributed by atoms with Gasteiger partial charge in [-0.1, -0.05) is 41.9 Å². The standard InChI is InChI=1S/C24H24ClN3O6/c1-14-12-28(13-16-5-3-4-6-18(16)25)23(32)21(22(14)31)27-24(33)26-19(11-20(29)30)15-7-9-17(34-2)10-8-15/h3-10,12,19,31H,11,13H2,1-2H3,(H,29,30)(H2,26,27,33)/t19-/m0/s1. The first-order chi connectivity index (χ1) is 16.2. The fourth-order valence-electron chi connectivity index (χ4n) is 3.41. The molecule has 0 aliphatic heterocycles. The lowest BCUT2D eigenvalue weighted by atomic mass is 10.0. The number of aliphatic carboxylic acids is 1. The van der Waals surface area contributed by atoms with Gasteiger partial charge in [-0.15, -0.1) is 0 Å². The topological polar surface area (TPSA) is 130 Å². The Morgan fingerprint density at radius 2 is 1.82 bits per heavy atom. The molecule has 0 spiro atoms. The molecule has 2 amide bonds. The number of pyridine rings is 1. The van der Waals surface area contributed by atoms with Crippen LogP contribution < -0.4 is 20.9 Å². The lowest BCUT2D eigenvalue weighted by Crippen LogP contribution is -2.36. The van der Waals surface area contributed by atoms with Crippen LogP contribution in [-0.4, -0.2) is 33.9 Å². The molecule has 0 bridgehead atoms. The monoisotopic (exact) mass is 485 g/mol. The number of anilines is 1. The Labute approximate surface area is 200 Å². The van der Waals surface area contributed by atoms with Crippen LogP contribution in [0.4, 0.5) is 10.5 Å². The van der Waals surface area contributed by atoms with Crippen molar-refractivity contribution >= 4 is 29.3 Å². The van der Waals surface area contributed by atoms with E-state index in [1.165, 1.54) is 17.9 Å². The van der Waals surface area contributed by atoms with Crippen LogP contribution in [0.1, 0.15) is 29.2 Å². The number of carbonyl (C=O) groups excluding carboxylic acids is 1. The van der Waals surface area contributed by atoms with E-state index >= 15 is 0 Å². The Hall–Kier alpha value is -3.98. The molecular formula is C24H24ClN3O6. The van der Waals surface area contributed by atoms with Crippen molar-refractivity contribution in [2.45, 2.75) is 25.9 Å². The third kappa shape index (κ3) is 5.87. The van der Waals surface area contributed by atoms with E-state index < -0.39 is 30.0 Å². The lowest BCUT2D eigenvalue weighted by Gasteiger charge is -2.19. The summed E-state index contributed by atoms with van der Waals surface area (Å²) >= 11 is 6.20. The summed E-state index contributed by atoms with van der Waals surface area (Å²) in [5.74, 6) is -0.928. The Bertz CT molecular complexity index is 1260. The van der Waals surface area contributed by atoms with Gasteiger partial charge in [0, 0.05) is 16.8 Å². The minimum Gasteiger partial charge on any atom is -0.505 e. The normalized spacial score (nSPS) is 11.5. The molecule has 3 rings (SSSR count). The number of hydrogen-bond donors (Lipinski definition) is 4. The van der Waals surface area contributed by atoms with Crippen LogP contribution in [-0.2, 0) is 11.3 Å². The fraction of sp³-hybridized carbons (Fsp3) is 0.208. The first-order valence-electron chi connectivity index (χ1n) is 10.3. The van der Waals surface area contributed by atoms with E-state index in [-0.39, 0.29) is 18.0 Å². The van der Waals surface area contributed by atoms with Crippen molar-refractivity contribution in [2.75, 3.05) is 12.4 Å². The maximum atomic E-state index is 13.0. The van der Waals surface area contributed by atoms with Crippen LogP contribution in [0, 0.1) is 6.92 Å². The number of benzene rings is 2. The van der Waals surface area contributed by atoms with E-state index in [0.29, 0.717) is 27.5 Å². The quantitative estimate of drug-likeness (QED) is 0.382. The molecule has 0 radical (unpaired) electrons. The molecule has 34 heavy (non-hydrogen) atoms. The highest BCUT2D eigenvalue weighted by molar-refractivity contribution is 6.31. The molecule has 10 heteroatoms. The number of carboxylic acid groups (broad SMARTS) is 1. The minimum atomic E-state index is -1.12. The molecule has 1 aromatic heterocycles. The van der Waals surface area contributed by atoms with Crippen molar-refractivity contribution in [3.05, 3.63) is 86.8 Å². The van der Waals surface area contributed by atoms with Crippen LogP contribution in [0.5, 0.6) is 11.5 Å². The predicted molar refractivity (Wildman–Crippen MR) is 128 cm³/mol. The maximum Gasteiger partial charge on any atom is 0.319 e. The van der Waals surface area contributed by atoms with E-state index in [2.05, 4.69) is 10.6 Å². The zero-order valence-corrected chi connectivity index (χ0v) is 19.3. The van der Waals surface area contributed by atoms with Crippen molar-refractivity contribution in [1.29, 1.82) is 0 Å². The Morgan fingerprint density at radius 1 is 1.15 bits per heavy atom. The number of hydrogen-bond acceptors (Lipinski definition) is 5. The number of urea groups is 1. The fourth-order valence-corrected chi connectivity index (χ4v) is 3.60. The first kappa shape index (κ1) is 24.7. The highest BCUT2D eigenvalue weighted by Gasteiger charge is 2.21. The van der Waals surface area contributed by atoms with Crippen LogP contribution in [0.2, 0.25) is 5.02 Å². The molecule has 0 unspecified atom stereocenters. The smallest absolute Gasteiger partial charge is 0.319 e. The first-order valence-corrected chi connectivity index (χ1v) is 10.7.